The maximum absolute atomic E-state index is 5.96. The smallest absolute Gasteiger partial charge is 0.134 e. The van der Waals surface area contributed by atoms with Gasteiger partial charge in [-0.05, 0) is 6.54 Å². The number of anilines is 1. The van der Waals surface area contributed by atoms with E-state index in [9.17, 15) is 0 Å². The van der Waals surface area contributed by atoms with Gasteiger partial charge in [0.25, 0.3) is 0 Å². The predicted molar refractivity (Wildman–Crippen MR) is 62.8 cm³/mol. The summed E-state index contributed by atoms with van der Waals surface area (Å²) in [5, 5.41) is 0.472. The first-order valence-corrected chi connectivity index (χ1v) is 5.73. The lowest BCUT2D eigenvalue weighted by atomic mass is 10.3. The largest absolute Gasteiger partial charge is 0.378 e. The highest BCUT2D eigenvalue weighted by atomic mass is 35.5. The second kappa shape index (κ2) is 5.43. The van der Waals surface area contributed by atoms with E-state index < -0.39 is 0 Å². The molecule has 1 fully saturated rings. The molecule has 2 rings (SSSR count). The third kappa shape index (κ3) is 2.81. The Labute approximate surface area is 99.6 Å². The molecule has 0 atom stereocenters. The first-order chi connectivity index (χ1) is 7.79. The van der Waals surface area contributed by atoms with Crippen LogP contribution in [0.1, 0.15) is 5.82 Å². The fourth-order valence-electron chi connectivity index (χ4n) is 1.65. The Bertz CT molecular complexity index is 355. The van der Waals surface area contributed by atoms with Gasteiger partial charge < -0.3 is 15.4 Å². The van der Waals surface area contributed by atoms with Gasteiger partial charge in [-0.25, -0.2) is 9.97 Å². The van der Waals surface area contributed by atoms with E-state index in [0.29, 0.717) is 23.9 Å². The fraction of sp³-hybridized carbons (Fsp3) is 0.600. The number of nitrogens with two attached hydrogens (primary N) is 1. The van der Waals surface area contributed by atoms with Crippen LogP contribution in [0.5, 0.6) is 0 Å². The van der Waals surface area contributed by atoms with Crippen LogP contribution in [0.25, 0.3) is 0 Å². The van der Waals surface area contributed by atoms with Crippen molar-refractivity contribution in [2.45, 2.75) is 6.42 Å². The molecule has 0 amide bonds. The zero-order valence-corrected chi connectivity index (χ0v) is 9.78. The van der Waals surface area contributed by atoms with Crippen molar-refractivity contribution in [3.05, 3.63) is 17.0 Å². The normalized spacial score (nSPS) is 16.5. The summed E-state index contributed by atoms with van der Waals surface area (Å²) in [6.07, 6.45) is 0.651. The molecule has 1 aromatic heterocycles. The second-order valence-corrected chi connectivity index (χ2v) is 3.99. The van der Waals surface area contributed by atoms with Gasteiger partial charge in [-0.1, -0.05) is 11.6 Å². The average molecular weight is 243 g/mol. The third-order valence-corrected chi connectivity index (χ3v) is 2.62. The highest BCUT2D eigenvalue weighted by Crippen LogP contribution is 2.17. The highest BCUT2D eigenvalue weighted by Gasteiger charge is 2.14. The lowest BCUT2D eigenvalue weighted by Crippen LogP contribution is -2.37. The molecule has 0 spiro atoms. The topological polar surface area (TPSA) is 64.3 Å². The molecule has 88 valence electrons. The molecule has 0 radical (unpaired) electrons. The standard InChI is InChI=1S/C10H15ClN4O/c11-8-7-10(14-9(13-8)1-2-12)15-3-5-16-6-4-15/h7H,1-6,12H2. The van der Waals surface area contributed by atoms with E-state index in [2.05, 4.69) is 14.9 Å². The first-order valence-electron chi connectivity index (χ1n) is 5.36. The maximum atomic E-state index is 5.96. The molecule has 16 heavy (non-hydrogen) atoms. The Morgan fingerprint density at radius 2 is 2.12 bits per heavy atom. The lowest BCUT2D eigenvalue weighted by molar-refractivity contribution is 0.122. The van der Waals surface area contributed by atoms with E-state index in [1.54, 1.807) is 6.07 Å². The Hall–Kier alpha value is -0.910. The molecule has 1 aliphatic rings. The Kier molecular flexibility index (Phi) is 3.93. The zero-order valence-electron chi connectivity index (χ0n) is 9.03. The average Bonchev–Trinajstić information content (AvgIpc) is 2.30. The molecule has 6 heteroatoms. The zero-order chi connectivity index (χ0) is 11.4. The van der Waals surface area contributed by atoms with Crippen LogP contribution in [0.15, 0.2) is 6.07 Å². The molecular weight excluding hydrogens is 228 g/mol. The summed E-state index contributed by atoms with van der Waals surface area (Å²) in [7, 11) is 0. The van der Waals surface area contributed by atoms with Gasteiger partial charge >= 0.3 is 0 Å². The van der Waals surface area contributed by atoms with Crippen LogP contribution in [0.4, 0.5) is 5.82 Å². The molecule has 2 heterocycles. The van der Waals surface area contributed by atoms with E-state index in [1.165, 1.54) is 0 Å². The molecule has 0 bridgehead atoms. The van der Waals surface area contributed by atoms with E-state index in [-0.39, 0.29) is 0 Å². The number of rotatable bonds is 3. The van der Waals surface area contributed by atoms with Gasteiger partial charge in [-0.3, -0.25) is 0 Å². The van der Waals surface area contributed by atoms with E-state index in [4.69, 9.17) is 22.1 Å². The minimum atomic E-state index is 0.472. The third-order valence-electron chi connectivity index (χ3n) is 2.43. The van der Waals surface area contributed by atoms with Crippen LogP contribution in [0.2, 0.25) is 5.15 Å². The predicted octanol–water partition coefficient (Wildman–Crippen LogP) is 0.468. The van der Waals surface area contributed by atoms with Crippen molar-refractivity contribution in [2.75, 3.05) is 37.7 Å². The van der Waals surface area contributed by atoms with Gasteiger partial charge in [0.1, 0.15) is 16.8 Å². The van der Waals surface area contributed by atoms with Crippen molar-refractivity contribution in [2.24, 2.45) is 5.73 Å². The lowest BCUT2D eigenvalue weighted by Gasteiger charge is -2.28. The summed E-state index contributed by atoms with van der Waals surface area (Å²) in [5.41, 5.74) is 5.48. The van der Waals surface area contributed by atoms with Gasteiger partial charge in [-0.2, -0.15) is 0 Å². The quantitative estimate of drug-likeness (QED) is 0.781. The summed E-state index contributed by atoms with van der Waals surface area (Å²) in [6, 6.07) is 1.78. The molecule has 1 aliphatic heterocycles. The summed E-state index contributed by atoms with van der Waals surface area (Å²) in [6.45, 7) is 3.68. The number of nitrogens with zero attached hydrogens (tertiary/aromatic N) is 3. The summed E-state index contributed by atoms with van der Waals surface area (Å²) in [5.74, 6) is 1.57. The van der Waals surface area contributed by atoms with Crippen LogP contribution in [-0.4, -0.2) is 42.8 Å². The molecule has 0 aliphatic carbocycles. The number of halogens is 1. The van der Waals surface area contributed by atoms with Gasteiger partial charge in [0, 0.05) is 25.6 Å². The minimum absolute atomic E-state index is 0.472. The Balaban J connectivity index is 2.18. The summed E-state index contributed by atoms with van der Waals surface area (Å²) in [4.78, 5) is 10.7. The number of morpholine rings is 1. The second-order valence-electron chi connectivity index (χ2n) is 3.60. The monoisotopic (exact) mass is 242 g/mol. The molecule has 0 saturated carbocycles. The van der Waals surface area contributed by atoms with E-state index in [1.807, 2.05) is 0 Å². The van der Waals surface area contributed by atoms with Crippen LogP contribution >= 0.6 is 11.6 Å². The van der Waals surface area contributed by atoms with Crippen LogP contribution < -0.4 is 10.6 Å². The van der Waals surface area contributed by atoms with Crippen molar-refractivity contribution in [1.82, 2.24) is 9.97 Å². The van der Waals surface area contributed by atoms with E-state index >= 15 is 0 Å². The van der Waals surface area contributed by atoms with Crippen molar-refractivity contribution < 1.29 is 4.74 Å². The van der Waals surface area contributed by atoms with Crippen molar-refractivity contribution in [3.63, 3.8) is 0 Å². The molecule has 1 saturated heterocycles. The molecule has 5 nitrogen and oxygen atoms in total. The van der Waals surface area contributed by atoms with Crippen LogP contribution in [0, 0.1) is 0 Å². The van der Waals surface area contributed by atoms with Crippen molar-refractivity contribution >= 4 is 17.4 Å². The first kappa shape index (κ1) is 11.6. The van der Waals surface area contributed by atoms with Gasteiger partial charge in [-0.15, -0.1) is 0 Å². The van der Waals surface area contributed by atoms with E-state index in [0.717, 1.165) is 32.1 Å². The SMILES string of the molecule is NCCc1nc(Cl)cc(N2CCOCC2)n1. The van der Waals surface area contributed by atoms with Crippen molar-refractivity contribution in [3.8, 4) is 0 Å². The molecule has 0 unspecified atom stereocenters. The maximum Gasteiger partial charge on any atom is 0.134 e. The number of aromatic nitrogens is 2. The highest BCUT2D eigenvalue weighted by molar-refractivity contribution is 6.29. The van der Waals surface area contributed by atoms with Crippen LogP contribution in [0.3, 0.4) is 0 Å². The summed E-state index contributed by atoms with van der Waals surface area (Å²) >= 11 is 5.96. The minimum Gasteiger partial charge on any atom is -0.378 e. The van der Waals surface area contributed by atoms with Gasteiger partial charge in [0.2, 0.25) is 0 Å². The van der Waals surface area contributed by atoms with Crippen molar-refractivity contribution in [1.29, 1.82) is 0 Å². The molecular formula is C10H15ClN4O. The van der Waals surface area contributed by atoms with Crippen LogP contribution in [-0.2, 0) is 11.2 Å². The van der Waals surface area contributed by atoms with Gasteiger partial charge in [0.15, 0.2) is 0 Å². The van der Waals surface area contributed by atoms with Gasteiger partial charge in [0.05, 0.1) is 13.2 Å². The molecule has 2 N–H and O–H groups in total. The Morgan fingerprint density at radius 3 is 2.81 bits per heavy atom. The number of hydrogen-bond donors (Lipinski definition) is 1. The summed E-state index contributed by atoms with van der Waals surface area (Å²) < 4.78 is 5.29. The molecule has 1 aromatic rings. The Morgan fingerprint density at radius 1 is 1.38 bits per heavy atom. The number of hydrogen-bond acceptors (Lipinski definition) is 5. The number of ether oxygens (including phenoxy) is 1. The molecule has 0 aromatic carbocycles. The fourth-order valence-corrected chi connectivity index (χ4v) is 1.84.